The molecule has 0 radical (unpaired) electrons. The predicted octanol–water partition coefficient (Wildman–Crippen LogP) is 3.40. The smallest absolute Gasteiger partial charge is 0.420 e. The number of halogens is 1. The van der Waals surface area contributed by atoms with E-state index in [1.807, 2.05) is 6.92 Å². The van der Waals surface area contributed by atoms with Crippen molar-refractivity contribution >= 4 is 36.9 Å². The molecule has 0 amide bonds. The van der Waals surface area contributed by atoms with Crippen LogP contribution in [0.2, 0.25) is 0 Å². The number of fused-ring (bicyclic) bond motifs is 1. The van der Waals surface area contributed by atoms with E-state index in [0.717, 1.165) is 10.7 Å². The molecule has 0 N–H and O–H groups in total. The number of oxazole rings is 1. The summed E-state index contributed by atoms with van der Waals surface area (Å²) in [5, 5.41) is 0. The van der Waals surface area contributed by atoms with Gasteiger partial charge in [-0.15, -0.1) is 0 Å². The number of methoxy groups -OCH3 is 1. The molecule has 0 spiro atoms. The molecule has 3 aromatic rings. The second kappa shape index (κ2) is 8.00. The quantitative estimate of drug-likeness (QED) is 0.526. The fourth-order valence-electron chi connectivity index (χ4n) is 3.08. The summed E-state index contributed by atoms with van der Waals surface area (Å²) in [7, 11) is -1.89. The first kappa shape index (κ1) is 20.5. The fourth-order valence-corrected chi connectivity index (χ4v) is 4.34. The first-order chi connectivity index (χ1) is 13.2. The molecule has 7 nitrogen and oxygen atoms in total. The molecule has 0 aliphatic rings. The minimum Gasteiger partial charge on any atom is -0.493 e. The van der Waals surface area contributed by atoms with Crippen LogP contribution < -0.4 is 15.2 Å². The number of aromatic nitrogens is 1. The molecule has 1 heterocycles. The standard InChI is InChI=1S/C19H20BrNO6S/c1-4-26-18-9-12(5-8-16(18)25-2)15(11-28(3,23)24)21-14-7-6-13(20)10-17(14)27-19(21)22/h5-10,15H,4,11H2,1-3H3. The Labute approximate surface area is 170 Å². The van der Waals surface area contributed by atoms with Crippen LogP contribution in [0.3, 0.4) is 0 Å². The lowest BCUT2D eigenvalue weighted by Gasteiger charge is -2.19. The van der Waals surface area contributed by atoms with Crippen LogP contribution in [0.5, 0.6) is 11.5 Å². The molecule has 1 unspecified atom stereocenters. The third-order valence-electron chi connectivity index (χ3n) is 4.22. The van der Waals surface area contributed by atoms with Crippen molar-refractivity contribution in [3.63, 3.8) is 0 Å². The molecular weight excluding hydrogens is 450 g/mol. The number of nitrogens with zero attached hydrogens (tertiary/aromatic N) is 1. The Kier molecular flexibility index (Phi) is 5.85. The summed E-state index contributed by atoms with van der Waals surface area (Å²) in [4.78, 5) is 12.6. The van der Waals surface area contributed by atoms with E-state index in [1.165, 1.54) is 11.7 Å². The van der Waals surface area contributed by atoms with E-state index in [-0.39, 0.29) is 5.75 Å². The highest BCUT2D eigenvalue weighted by Crippen LogP contribution is 2.33. The van der Waals surface area contributed by atoms with Gasteiger partial charge in [-0.3, -0.25) is 4.57 Å². The zero-order chi connectivity index (χ0) is 20.5. The number of hydrogen-bond acceptors (Lipinski definition) is 6. The maximum absolute atomic E-state index is 12.6. The minimum atomic E-state index is -3.41. The van der Waals surface area contributed by atoms with Crippen molar-refractivity contribution in [2.45, 2.75) is 13.0 Å². The van der Waals surface area contributed by atoms with Gasteiger partial charge < -0.3 is 13.9 Å². The number of sulfone groups is 1. The van der Waals surface area contributed by atoms with E-state index < -0.39 is 21.6 Å². The molecule has 1 aromatic heterocycles. The highest BCUT2D eigenvalue weighted by atomic mass is 79.9. The molecule has 3 rings (SSSR count). The summed E-state index contributed by atoms with van der Waals surface area (Å²) in [5.41, 5.74) is 1.48. The van der Waals surface area contributed by atoms with Crippen LogP contribution in [0.1, 0.15) is 18.5 Å². The first-order valence-electron chi connectivity index (χ1n) is 8.52. The second-order valence-electron chi connectivity index (χ2n) is 6.30. The Hall–Kier alpha value is -2.26. The van der Waals surface area contributed by atoms with Crippen molar-refractivity contribution in [3.05, 3.63) is 57.0 Å². The Morgan fingerprint density at radius 3 is 2.57 bits per heavy atom. The van der Waals surface area contributed by atoms with Crippen LogP contribution in [0, 0.1) is 0 Å². The van der Waals surface area contributed by atoms with E-state index in [2.05, 4.69) is 15.9 Å². The third kappa shape index (κ3) is 4.25. The third-order valence-corrected chi connectivity index (χ3v) is 5.63. The molecule has 150 valence electrons. The van der Waals surface area contributed by atoms with Gasteiger partial charge in [0.2, 0.25) is 0 Å². The van der Waals surface area contributed by atoms with Gasteiger partial charge in [0.05, 0.1) is 31.0 Å². The molecular formula is C19H20BrNO6S. The lowest BCUT2D eigenvalue weighted by Crippen LogP contribution is -2.27. The summed E-state index contributed by atoms with van der Waals surface area (Å²) >= 11 is 3.34. The van der Waals surface area contributed by atoms with E-state index in [1.54, 1.807) is 36.4 Å². The van der Waals surface area contributed by atoms with Crippen molar-refractivity contribution < 1.29 is 22.3 Å². The Morgan fingerprint density at radius 2 is 1.93 bits per heavy atom. The van der Waals surface area contributed by atoms with Crippen LogP contribution in [0.25, 0.3) is 11.1 Å². The lowest BCUT2D eigenvalue weighted by molar-refractivity contribution is 0.310. The fraction of sp³-hybridized carbons (Fsp3) is 0.316. The van der Waals surface area contributed by atoms with Gasteiger partial charge in [0.15, 0.2) is 17.1 Å². The van der Waals surface area contributed by atoms with Gasteiger partial charge in [-0.05, 0) is 42.8 Å². The van der Waals surface area contributed by atoms with Gasteiger partial charge in [0, 0.05) is 10.7 Å². The van der Waals surface area contributed by atoms with E-state index in [0.29, 0.717) is 34.8 Å². The summed E-state index contributed by atoms with van der Waals surface area (Å²) in [6.45, 7) is 2.26. The molecule has 0 fully saturated rings. The maximum atomic E-state index is 12.6. The number of ether oxygens (including phenoxy) is 2. The Balaban J connectivity index is 2.23. The highest BCUT2D eigenvalue weighted by molar-refractivity contribution is 9.10. The molecule has 0 aliphatic carbocycles. The van der Waals surface area contributed by atoms with E-state index in [4.69, 9.17) is 13.9 Å². The van der Waals surface area contributed by atoms with Gasteiger partial charge in [0.1, 0.15) is 9.84 Å². The Morgan fingerprint density at radius 1 is 1.18 bits per heavy atom. The van der Waals surface area contributed by atoms with Crippen LogP contribution in [0.4, 0.5) is 0 Å². The number of hydrogen-bond donors (Lipinski definition) is 0. The summed E-state index contributed by atoms with van der Waals surface area (Å²) in [5.74, 6) is 0.104. The monoisotopic (exact) mass is 469 g/mol. The van der Waals surface area contributed by atoms with Crippen LogP contribution in [0.15, 0.2) is 50.1 Å². The molecule has 0 aliphatic heterocycles. The largest absolute Gasteiger partial charge is 0.493 e. The van der Waals surface area contributed by atoms with Crippen LogP contribution >= 0.6 is 15.9 Å². The van der Waals surface area contributed by atoms with Crippen molar-refractivity contribution in [2.24, 2.45) is 0 Å². The van der Waals surface area contributed by atoms with Crippen molar-refractivity contribution in [3.8, 4) is 11.5 Å². The van der Waals surface area contributed by atoms with Gasteiger partial charge in [0.25, 0.3) is 0 Å². The van der Waals surface area contributed by atoms with Crippen molar-refractivity contribution in [1.82, 2.24) is 4.57 Å². The second-order valence-corrected chi connectivity index (χ2v) is 9.40. The van der Waals surface area contributed by atoms with Crippen molar-refractivity contribution in [1.29, 1.82) is 0 Å². The first-order valence-corrected chi connectivity index (χ1v) is 11.4. The van der Waals surface area contributed by atoms with E-state index >= 15 is 0 Å². The summed E-state index contributed by atoms with van der Waals surface area (Å²) in [6, 6.07) is 9.49. The zero-order valence-corrected chi connectivity index (χ0v) is 18.0. The normalized spacial score (nSPS) is 12.9. The van der Waals surface area contributed by atoms with Crippen LogP contribution in [-0.4, -0.2) is 38.7 Å². The van der Waals surface area contributed by atoms with Crippen molar-refractivity contribution in [2.75, 3.05) is 25.7 Å². The van der Waals surface area contributed by atoms with Gasteiger partial charge in [-0.2, -0.15) is 0 Å². The highest BCUT2D eigenvalue weighted by Gasteiger charge is 2.26. The van der Waals surface area contributed by atoms with E-state index in [9.17, 15) is 13.2 Å². The SMILES string of the molecule is CCOc1cc(C(CS(C)(=O)=O)n2c(=O)oc3cc(Br)ccc32)ccc1OC. The molecule has 0 saturated carbocycles. The van der Waals surface area contributed by atoms with Gasteiger partial charge in [-0.25, -0.2) is 13.2 Å². The molecule has 9 heteroatoms. The number of benzene rings is 2. The zero-order valence-electron chi connectivity index (χ0n) is 15.6. The average molecular weight is 470 g/mol. The van der Waals surface area contributed by atoms with Crippen LogP contribution in [-0.2, 0) is 9.84 Å². The molecule has 1 atom stereocenters. The molecule has 28 heavy (non-hydrogen) atoms. The molecule has 2 aromatic carbocycles. The topological polar surface area (TPSA) is 87.7 Å². The predicted molar refractivity (Wildman–Crippen MR) is 110 cm³/mol. The molecule has 0 saturated heterocycles. The summed E-state index contributed by atoms with van der Waals surface area (Å²) in [6.07, 6.45) is 1.14. The van der Waals surface area contributed by atoms with Gasteiger partial charge >= 0.3 is 5.76 Å². The average Bonchev–Trinajstić information content (AvgIpc) is 2.94. The Bertz CT molecular complexity index is 1160. The summed E-state index contributed by atoms with van der Waals surface area (Å²) < 4.78 is 42.6. The number of rotatable bonds is 7. The maximum Gasteiger partial charge on any atom is 0.420 e. The van der Waals surface area contributed by atoms with Gasteiger partial charge in [-0.1, -0.05) is 22.0 Å². The molecule has 0 bridgehead atoms. The minimum absolute atomic E-state index is 0.268. The lowest BCUT2D eigenvalue weighted by atomic mass is 10.1.